The monoisotopic (exact) mass is 188 g/mol. The third-order valence-corrected chi connectivity index (χ3v) is 1.90. The van der Waals surface area contributed by atoms with Gasteiger partial charge in [0, 0.05) is 5.39 Å². The smallest absolute Gasteiger partial charge is 0.134 e. The molecule has 0 saturated heterocycles. The molecule has 1 aromatic carbocycles. The normalized spacial score (nSPS) is 11.1. The lowest BCUT2D eigenvalue weighted by Gasteiger charge is -1.99. The van der Waals surface area contributed by atoms with E-state index in [0.29, 0.717) is 5.82 Å². The van der Waals surface area contributed by atoms with Crippen molar-refractivity contribution in [3.8, 4) is 0 Å². The van der Waals surface area contributed by atoms with E-state index >= 15 is 0 Å². The lowest BCUT2D eigenvalue weighted by Crippen LogP contribution is -1.93. The summed E-state index contributed by atoms with van der Waals surface area (Å²) in [7, 11) is 0. The summed E-state index contributed by atoms with van der Waals surface area (Å²) in [5.74, 6) is 0.447. The van der Waals surface area contributed by atoms with Gasteiger partial charge in [0.1, 0.15) is 12.1 Å². The number of benzene rings is 1. The van der Waals surface area contributed by atoms with E-state index in [9.17, 15) is 0 Å². The van der Waals surface area contributed by atoms with Crippen molar-refractivity contribution < 1.29 is 5.21 Å². The molecule has 5 heteroatoms. The van der Waals surface area contributed by atoms with E-state index in [1.807, 2.05) is 0 Å². The van der Waals surface area contributed by atoms with Crippen LogP contribution < -0.4 is 5.73 Å². The number of nitrogen functional groups attached to an aromatic ring is 1. The first-order valence-corrected chi connectivity index (χ1v) is 3.99. The van der Waals surface area contributed by atoms with Crippen molar-refractivity contribution in [1.29, 1.82) is 0 Å². The average Bonchev–Trinajstić information content (AvgIpc) is 2.18. The maximum absolute atomic E-state index is 8.36. The second-order valence-electron chi connectivity index (χ2n) is 2.78. The number of hydrogen-bond donors (Lipinski definition) is 2. The number of hydrogen-bond acceptors (Lipinski definition) is 5. The number of fused-ring (bicyclic) bond motifs is 1. The van der Waals surface area contributed by atoms with Crippen LogP contribution in [-0.2, 0) is 0 Å². The summed E-state index contributed by atoms with van der Waals surface area (Å²) in [6.07, 6.45) is 2.73. The molecule has 5 nitrogen and oxygen atoms in total. The van der Waals surface area contributed by atoms with Gasteiger partial charge in [-0.1, -0.05) is 11.2 Å². The van der Waals surface area contributed by atoms with Gasteiger partial charge >= 0.3 is 0 Å². The van der Waals surface area contributed by atoms with Crippen LogP contribution in [0.25, 0.3) is 10.9 Å². The summed E-state index contributed by atoms with van der Waals surface area (Å²) in [5, 5.41) is 12.1. The van der Waals surface area contributed by atoms with Crippen LogP contribution in [0.5, 0.6) is 0 Å². The molecule has 2 rings (SSSR count). The zero-order chi connectivity index (χ0) is 9.97. The number of rotatable bonds is 1. The zero-order valence-electron chi connectivity index (χ0n) is 7.25. The fourth-order valence-corrected chi connectivity index (χ4v) is 1.24. The van der Waals surface area contributed by atoms with Crippen LogP contribution in [0.2, 0.25) is 0 Å². The highest BCUT2D eigenvalue weighted by molar-refractivity contribution is 5.92. The van der Waals surface area contributed by atoms with E-state index in [1.54, 1.807) is 18.2 Å². The van der Waals surface area contributed by atoms with Gasteiger partial charge in [0.05, 0.1) is 11.7 Å². The molecule has 1 aromatic heterocycles. The van der Waals surface area contributed by atoms with Crippen LogP contribution in [0.3, 0.4) is 0 Å². The Hall–Kier alpha value is -2.17. The standard InChI is InChI=1S/C9H8N4O/c10-9-7-2-1-6(4-13-14)3-8(7)11-5-12-9/h1-5,14H,(H2,10,11,12)/b13-4+. The summed E-state index contributed by atoms with van der Waals surface area (Å²) >= 11 is 0. The molecule has 0 aliphatic carbocycles. The van der Waals surface area contributed by atoms with Crippen molar-refractivity contribution >= 4 is 22.9 Å². The highest BCUT2D eigenvalue weighted by Gasteiger charge is 1.99. The Kier molecular flexibility index (Phi) is 1.98. The van der Waals surface area contributed by atoms with Gasteiger partial charge in [-0.25, -0.2) is 9.97 Å². The van der Waals surface area contributed by atoms with Crippen molar-refractivity contribution in [2.24, 2.45) is 5.16 Å². The topological polar surface area (TPSA) is 84.4 Å². The van der Waals surface area contributed by atoms with Crippen LogP contribution in [-0.4, -0.2) is 21.4 Å². The Morgan fingerprint density at radius 1 is 1.36 bits per heavy atom. The summed E-state index contributed by atoms with van der Waals surface area (Å²) in [4.78, 5) is 7.92. The Bertz CT molecular complexity index is 495. The zero-order valence-corrected chi connectivity index (χ0v) is 7.25. The second-order valence-corrected chi connectivity index (χ2v) is 2.78. The third-order valence-electron chi connectivity index (χ3n) is 1.90. The number of nitrogens with two attached hydrogens (primary N) is 1. The van der Waals surface area contributed by atoms with Crippen molar-refractivity contribution in [2.75, 3.05) is 5.73 Å². The first kappa shape index (κ1) is 8.43. The quantitative estimate of drug-likeness (QED) is 0.397. The van der Waals surface area contributed by atoms with Crippen molar-refractivity contribution in [2.45, 2.75) is 0 Å². The van der Waals surface area contributed by atoms with Crippen LogP contribution in [0, 0.1) is 0 Å². The van der Waals surface area contributed by atoms with Crippen LogP contribution in [0.4, 0.5) is 5.82 Å². The van der Waals surface area contributed by atoms with Crippen molar-refractivity contribution in [1.82, 2.24) is 9.97 Å². The van der Waals surface area contributed by atoms with Crippen molar-refractivity contribution in [3.63, 3.8) is 0 Å². The summed E-state index contributed by atoms with van der Waals surface area (Å²) in [5.41, 5.74) is 7.14. The molecule has 0 aliphatic rings. The largest absolute Gasteiger partial charge is 0.411 e. The summed E-state index contributed by atoms with van der Waals surface area (Å²) in [6.45, 7) is 0. The SMILES string of the molecule is Nc1ncnc2cc(/C=N/O)ccc12. The van der Waals surface area contributed by atoms with Crippen molar-refractivity contribution in [3.05, 3.63) is 30.1 Å². The molecule has 1 heterocycles. The lowest BCUT2D eigenvalue weighted by molar-refractivity contribution is 0.322. The molecule has 0 bridgehead atoms. The highest BCUT2D eigenvalue weighted by atomic mass is 16.4. The molecule has 0 unspecified atom stereocenters. The minimum absolute atomic E-state index is 0.447. The van der Waals surface area contributed by atoms with Crippen LogP contribution in [0.15, 0.2) is 29.7 Å². The number of aromatic nitrogens is 2. The highest BCUT2D eigenvalue weighted by Crippen LogP contribution is 2.16. The van der Waals surface area contributed by atoms with E-state index in [4.69, 9.17) is 10.9 Å². The minimum Gasteiger partial charge on any atom is -0.411 e. The Labute approximate surface area is 79.9 Å². The van der Waals surface area contributed by atoms with Gasteiger partial charge in [-0.05, 0) is 17.7 Å². The van der Waals surface area contributed by atoms with E-state index < -0.39 is 0 Å². The number of nitrogens with zero attached hydrogens (tertiary/aromatic N) is 3. The molecule has 70 valence electrons. The molecule has 3 N–H and O–H groups in total. The molecule has 0 spiro atoms. The maximum atomic E-state index is 8.36. The van der Waals surface area contributed by atoms with E-state index in [2.05, 4.69) is 15.1 Å². The van der Waals surface area contributed by atoms with Crippen LogP contribution >= 0.6 is 0 Å². The molecule has 14 heavy (non-hydrogen) atoms. The molecule has 2 aromatic rings. The summed E-state index contributed by atoms with van der Waals surface area (Å²) in [6, 6.07) is 5.34. The molecule has 0 fully saturated rings. The number of oxime groups is 1. The van der Waals surface area contributed by atoms with Gasteiger partial charge in [-0.3, -0.25) is 0 Å². The minimum atomic E-state index is 0.447. The van der Waals surface area contributed by atoms with Gasteiger partial charge in [-0.15, -0.1) is 0 Å². The lowest BCUT2D eigenvalue weighted by atomic mass is 10.1. The van der Waals surface area contributed by atoms with E-state index in [-0.39, 0.29) is 0 Å². The van der Waals surface area contributed by atoms with Gasteiger partial charge in [0.15, 0.2) is 0 Å². The maximum Gasteiger partial charge on any atom is 0.134 e. The first-order valence-electron chi connectivity index (χ1n) is 3.99. The molecular formula is C9H8N4O. The molecule has 0 saturated carbocycles. The summed E-state index contributed by atoms with van der Waals surface area (Å²) < 4.78 is 0. The van der Waals surface area contributed by atoms with E-state index in [1.165, 1.54) is 12.5 Å². The average molecular weight is 188 g/mol. The predicted octanol–water partition coefficient (Wildman–Crippen LogP) is 1.02. The molecule has 0 radical (unpaired) electrons. The Balaban J connectivity index is 2.67. The third kappa shape index (κ3) is 1.35. The van der Waals surface area contributed by atoms with Gasteiger partial charge < -0.3 is 10.9 Å². The first-order chi connectivity index (χ1) is 6.81. The predicted molar refractivity (Wildman–Crippen MR) is 53.3 cm³/mol. The molecule has 0 aliphatic heterocycles. The molecule has 0 amide bonds. The fraction of sp³-hybridized carbons (Fsp3) is 0. The Morgan fingerprint density at radius 3 is 3.00 bits per heavy atom. The number of anilines is 1. The van der Waals surface area contributed by atoms with Gasteiger partial charge in [-0.2, -0.15) is 0 Å². The molecule has 0 atom stereocenters. The fourth-order valence-electron chi connectivity index (χ4n) is 1.24. The Morgan fingerprint density at radius 2 is 2.21 bits per heavy atom. The second kappa shape index (κ2) is 3.29. The van der Waals surface area contributed by atoms with E-state index in [0.717, 1.165) is 16.5 Å². The van der Waals surface area contributed by atoms with Gasteiger partial charge in [0.25, 0.3) is 0 Å². The van der Waals surface area contributed by atoms with Crippen LogP contribution in [0.1, 0.15) is 5.56 Å². The molecular weight excluding hydrogens is 180 g/mol. The van der Waals surface area contributed by atoms with Gasteiger partial charge in [0.2, 0.25) is 0 Å².